The van der Waals surface area contributed by atoms with E-state index in [-0.39, 0.29) is 0 Å². The molecule has 1 heterocycles. The molecular formula is C33H37N. The van der Waals surface area contributed by atoms with Crippen molar-refractivity contribution in [3.8, 4) is 0 Å². The Hall–Kier alpha value is -3.32. The molecule has 0 fully saturated rings. The molecule has 174 valence electrons. The van der Waals surface area contributed by atoms with E-state index in [9.17, 15) is 0 Å². The molecule has 1 aromatic heterocycles. The van der Waals surface area contributed by atoms with Crippen LogP contribution in [0.2, 0.25) is 0 Å². The summed E-state index contributed by atoms with van der Waals surface area (Å²) in [6.45, 7) is 20.5. The molecule has 0 aliphatic carbocycles. The largest absolute Gasteiger partial charge is 0.340 e. The van der Waals surface area contributed by atoms with Crippen LogP contribution in [0.25, 0.3) is 33.0 Å². The van der Waals surface area contributed by atoms with Gasteiger partial charge in [-0.25, -0.2) is 0 Å². The van der Waals surface area contributed by atoms with E-state index in [1.165, 1.54) is 53.1 Å². The number of rotatable bonds is 10. The van der Waals surface area contributed by atoms with E-state index in [0.717, 1.165) is 34.4 Å². The second-order valence-electron chi connectivity index (χ2n) is 9.59. The number of nitrogens with zero attached hydrogens (tertiary/aromatic N) is 1. The zero-order valence-electron chi connectivity index (χ0n) is 21.0. The highest BCUT2D eigenvalue weighted by atomic mass is 15.0. The van der Waals surface area contributed by atoms with Crippen LogP contribution >= 0.6 is 0 Å². The molecule has 1 unspecified atom stereocenters. The van der Waals surface area contributed by atoms with Gasteiger partial charge in [0.05, 0.1) is 0 Å². The van der Waals surface area contributed by atoms with Gasteiger partial charge in [0.15, 0.2) is 0 Å². The van der Waals surface area contributed by atoms with Crippen molar-refractivity contribution in [2.24, 2.45) is 5.92 Å². The smallest absolute Gasteiger partial charge is 0.0491 e. The molecule has 1 nitrogen and oxygen atoms in total. The molecule has 4 rings (SSSR count). The molecule has 0 amide bonds. The predicted molar refractivity (Wildman–Crippen MR) is 151 cm³/mol. The zero-order chi connectivity index (χ0) is 24.2. The van der Waals surface area contributed by atoms with Crippen molar-refractivity contribution in [2.45, 2.75) is 53.0 Å². The highest BCUT2D eigenvalue weighted by Crippen LogP contribution is 2.36. The van der Waals surface area contributed by atoms with Crippen molar-refractivity contribution in [3.05, 3.63) is 109 Å². The van der Waals surface area contributed by atoms with Gasteiger partial charge in [-0.3, -0.25) is 0 Å². The van der Waals surface area contributed by atoms with E-state index < -0.39 is 0 Å². The van der Waals surface area contributed by atoms with Gasteiger partial charge in [0.25, 0.3) is 0 Å². The number of aromatic nitrogens is 1. The molecule has 0 N–H and O–H groups in total. The number of benzene rings is 3. The summed E-state index contributed by atoms with van der Waals surface area (Å²) in [5.41, 5.74) is 9.13. The van der Waals surface area contributed by atoms with Gasteiger partial charge < -0.3 is 4.57 Å². The molecule has 0 aliphatic heterocycles. The lowest BCUT2D eigenvalue weighted by molar-refractivity contribution is 0.401. The first kappa shape index (κ1) is 23.8. The van der Waals surface area contributed by atoms with E-state index in [1.54, 1.807) is 0 Å². The Balaban J connectivity index is 1.89. The van der Waals surface area contributed by atoms with Gasteiger partial charge in [-0.15, -0.1) is 0 Å². The van der Waals surface area contributed by atoms with Crippen molar-refractivity contribution in [1.82, 2.24) is 4.57 Å². The van der Waals surface area contributed by atoms with E-state index >= 15 is 0 Å². The Kier molecular flexibility index (Phi) is 7.22. The van der Waals surface area contributed by atoms with Crippen LogP contribution in [-0.2, 0) is 6.54 Å². The topological polar surface area (TPSA) is 4.93 Å². The molecule has 34 heavy (non-hydrogen) atoms. The summed E-state index contributed by atoms with van der Waals surface area (Å²) in [5, 5.41) is 2.56. The van der Waals surface area contributed by atoms with Gasteiger partial charge in [-0.1, -0.05) is 101 Å². The van der Waals surface area contributed by atoms with Gasteiger partial charge in [0.2, 0.25) is 0 Å². The summed E-state index contributed by atoms with van der Waals surface area (Å²) in [5.74, 6) is 0.683. The molecule has 4 aromatic rings. The van der Waals surface area contributed by atoms with Crippen molar-refractivity contribution in [3.63, 3.8) is 0 Å². The van der Waals surface area contributed by atoms with Gasteiger partial charge in [-0.05, 0) is 71.4 Å². The Labute approximate surface area is 205 Å². The molecular weight excluding hydrogens is 410 g/mol. The van der Waals surface area contributed by atoms with Gasteiger partial charge in [0.1, 0.15) is 0 Å². The SMILES string of the molecule is C=C(C)C(=C)c1ccc2c(c1)c1cc(C(=C)c3ccccc3)ccc1n2CC(CC)CCCC. The Morgan fingerprint density at radius 2 is 1.41 bits per heavy atom. The molecule has 0 radical (unpaired) electrons. The molecule has 0 aliphatic rings. The fourth-order valence-electron chi connectivity index (χ4n) is 4.90. The Bertz CT molecular complexity index is 1350. The normalized spacial score (nSPS) is 12.2. The summed E-state index contributed by atoms with van der Waals surface area (Å²) in [7, 11) is 0. The minimum Gasteiger partial charge on any atom is -0.340 e. The molecule has 1 atom stereocenters. The van der Waals surface area contributed by atoms with E-state index in [2.05, 4.69) is 98.8 Å². The van der Waals surface area contributed by atoms with Crippen molar-refractivity contribution < 1.29 is 0 Å². The van der Waals surface area contributed by atoms with Gasteiger partial charge >= 0.3 is 0 Å². The highest BCUT2D eigenvalue weighted by molar-refractivity contribution is 6.10. The summed E-state index contributed by atoms with van der Waals surface area (Å²) in [6.07, 6.45) is 5.02. The zero-order valence-corrected chi connectivity index (χ0v) is 21.0. The first-order valence-corrected chi connectivity index (χ1v) is 12.6. The first-order chi connectivity index (χ1) is 16.4. The maximum Gasteiger partial charge on any atom is 0.0491 e. The fraction of sp³-hybridized carbons (Fsp3) is 0.273. The third kappa shape index (κ3) is 4.66. The van der Waals surface area contributed by atoms with Crippen LogP contribution in [0.3, 0.4) is 0 Å². The second kappa shape index (κ2) is 10.3. The van der Waals surface area contributed by atoms with Crippen LogP contribution in [0.1, 0.15) is 63.1 Å². The molecule has 0 bridgehead atoms. The number of unbranched alkanes of at least 4 members (excludes halogenated alkanes) is 1. The summed E-state index contributed by atoms with van der Waals surface area (Å²) in [4.78, 5) is 0. The number of hydrogen-bond donors (Lipinski definition) is 0. The standard InChI is InChI=1S/C33H37N/c1-7-9-13-26(8-2)22-34-32-18-16-28(24(5)23(3)4)20-30(32)31-21-29(17-19-33(31)34)25(6)27-14-11-10-12-15-27/h10-12,14-21,26H,3,5-9,13,22H2,1-2,4H3. The number of fused-ring (bicyclic) bond motifs is 3. The monoisotopic (exact) mass is 447 g/mol. The molecule has 3 aromatic carbocycles. The van der Waals surface area contributed by atoms with Crippen molar-refractivity contribution in [1.29, 1.82) is 0 Å². The van der Waals surface area contributed by atoms with E-state index in [4.69, 9.17) is 0 Å². The fourth-order valence-corrected chi connectivity index (χ4v) is 4.90. The maximum atomic E-state index is 4.42. The van der Waals surface area contributed by atoms with Crippen molar-refractivity contribution in [2.75, 3.05) is 0 Å². The average Bonchev–Trinajstić information content (AvgIpc) is 3.17. The second-order valence-corrected chi connectivity index (χ2v) is 9.59. The lowest BCUT2D eigenvalue weighted by Gasteiger charge is -2.17. The van der Waals surface area contributed by atoms with Crippen LogP contribution in [0, 0.1) is 5.92 Å². The van der Waals surface area contributed by atoms with Crippen LogP contribution < -0.4 is 0 Å². The van der Waals surface area contributed by atoms with Crippen LogP contribution in [-0.4, -0.2) is 4.57 Å². The third-order valence-corrected chi connectivity index (χ3v) is 7.18. The number of hydrogen-bond acceptors (Lipinski definition) is 0. The van der Waals surface area contributed by atoms with Crippen molar-refractivity contribution >= 4 is 33.0 Å². The van der Waals surface area contributed by atoms with Crippen LogP contribution in [0.5, 0.6) is 0 Å². The quantitative estimate of drug-likeness (QED) is 0.213. The third-order valence-electron chi connectivity index (χ3n) is 7.18. The van der Waals surface area contributed by atoms with Crippen LogP contribution in [0.4, 0.5) is 0 Å². The molecule has 1 heteroatoms. The van der Waals surface area contributed by atoms with Crippen LogP contribution in [0.15, 0.2) is 92.0 Å². The minimum atomic E-state index is 0.683. The summed E-state index contributed by atoms with van der Waals surface area (Å²) < 4.78 is 2.54. The molecule has 0 saturated carbocycles. The van der Waals surface area contributed by atoms with E-state index in [0.29, 0.717) is 5.92 Å². The Morgan fingerprint density at radius 1 is 0.794 bits per heavy atom. The number of allylic oxidation sites excluding steroid dienone is 2. The highest BCUT2D eigenvalue weighted by Gasteiger charge is 2.17. The lowest BCUT2D eigenvalue weighted by Crippen LogP contribution is -2.10. The lowest BCUT2D eigenvalue weighted by atomic mass is 9.96. The maximum absolute atomic E-state index is 4.42. The summed E-state index contributed by atoms with van der Waals surface area (Å²) in [6, 6.07) is 24.1. The first-order valence-electron chi connectivity index (χ1n) is 12.6. The predicted octanol–water partition coefficient (Wildman–Crippen LogP) is 9.66. The van der Waals surface area contributed by atoms with Gasteiger partial charge in [0, 0.05) is 28.4 Å². The van der Waals surface area contributed by atoms with Gasteiger partial charge in [-0.2, -0.15) is 0 Å². The molecule has 0 saturated heterocycles. The minimum absolute atomic E-state index is 0.683. The average molecular weight is 448 g/mol. The molecule has 0 spiro atoms. The Morgan fingerprint density at radius 3 is 2.00 bits per heavy atom. The van der Waals surface area contributed by atoms with E-state index in [1.807, 2.05) is 13.0 Å². The summed E-state index contributed by atoms with van der Waals surface area (Å²) >= 11 is 0.